The summed E-state index contributed by atoms with van der Waals surface area (Å²) in [4.78, 5) is 10.8. The third kappa shape index (κ3) is 11.5. The van der Waals surface area contributed by atoms with E-state index in [0.717, 1.165) is 31.3 Å². The molecule has 4 nitrogen and oxygen atoms in total. The fraction of sp³-hybridized carbons (Fsp3) is 0.750. The molecule has 0 heterocycles. The number of carboxylic acid groups (broad SMARTS) is 1. The summed E-state index contributed by atoms with van der Waals surface area (Å²) < 4.78 is 0. The fourth-order valence-electron chi connectivity index (χ4n) is 4.38. The van der Waals surface area contributed by atoms with Crippen LogP contribution in [0.15, 0.2) is 34.4 Å². The van der Waals surface area contributed by atoms with Crippen LogP contribution in [0.4, 0.5) is 0 Å². The number of aliphatic hydroxyl groups is 2. The molecule has 184 valence electrons. The van der Waals surface area contributed by atoms with Gasteiger partial charge in [-0.05, 0) is 109 Å². The number of rotatable bonds is 15. The predicted molar refractivity (Wildman–Crippen MR) is 131 cm³/mol. The first-order valence-electron chi connectivity index (χ1n) is 12.5. The summed E-state index contributed by atoms with van der Waals surface area (Å²) in [6.07, 6.45) is 14.1. The van der Waals surface area contributed by atoms with Crippen LogP contribution in [-0.2, 0) is 4.79 Å². The van der Waals surface area contributed by atoms with Gasteiger partial charge in [-0.2, -0.15) is 0 Å². The van der Waals surface area contributed by atoms with E-state index in [-0.39, 0.29) is 0 Å². The van der Waals surface area contributed by atoms with Crippen molar-refractivity contribution < 1.29 is 20.1 Å². The molecular formula is C28H47O4-. The lowest BCUT2D eigenvalue weighted by Gasteiger charge is -2.23. The standard InChI is InChI=1S/C28H48O4/c1-20(12-8-16-28(6,32)17-9-13-22(3)27(30)31)10-7-11-21(2)14-15-25-18-23(4)24(5)26(29)19-25/h12,19,21-22,26,29,32H,7-11,13-18H2,1-6H3,(H,30,31)/p-1/b20-12+. The zero-order chi connectivity index (χ0) is 24.3. The molecule has 0 aromatic rings. The minimum atomic E-state index is -1.01. The maximum absolute atomic E-state index is 10.8. The van der Waals surface area contributed by atoms with Gasteiger partial charge in [0.25, 0.3) is 0 Å². The van der Waals surface area contributed by atoms with Crippen molar-refractivity contribution in [3.8, 4) is 0 Å². The highest BCUT2D eigenvalue weighted by molar-refractivity contribution is 5.66. The summed E-state index contributed by atoms with van der Waals surface area (Å²) in [6.45, 7) is 12.2. The van der Waals surface area contributed by atoms with Crippen LogP contribution in [0.5, 0.6) is 0 Å². The number of hydrogen-bond donors (Lipinski definition) is 2. The minimum Gasteiger partial charge on any atom is -0.550 e. The Hall–Kier alpha value is -1.39. The summed E-state index contributed by atoms with van der Waals surface area (Å²) in [7, 11) is 0. The Morgan fingerprint density at radius 2 is 1.91 bits per heavy atom. The van der Waals surface area contributed by atoms with E-state index in [9.17, 15) is 20.1 Å². The van der Waals surface area contributed by atoms with Gasteiger partial charge < -0.3 is 20.1 Å². The topological polar surface area (TPSA) is 80.6 Å². The molecule has 4 heteroatoms. The second-order valence-electron chi connectivity index (χ2n) is 10.6. The summed E-state index contributed by atoms with van der Waals surface area (Å²) in [5, 5.41) is 31.4. The zero-order valence-corrected chi connectivity index (χ0v) is 21.4. The molecule has 32 heavy (non-hydrogen) atoms. The lowest BCUT2D eigenvalue weighted by molar-refractivity contribution is -0.311. The molecule has 4 atom stereocenters. The van der Waals surface area contributed by atoms with E-state index in [2.05, 4.69) is 26.8 Å². The van der Waals surface area contributed by atoms with Gasteiger partial charge in [0.05, 0.1) is 11.7 Å². The van der Waals surface area contributed by atoms with Gasteiger partial charge >= 0.3 is 0 Å². The van der Waals surface area contributed by atoms with E-state index in [1.165, 1.54) is 36.0 Å². The van der Waals surface area contributed by atoms with Crippen molar-refractivity contribution in [2.45, 2.75) is 124 Å². The smallest absolute Gasteiger partial charge is 0.0934 e. The molecule has 0 aliphatic heterocycles. The van der Waals surface area contributed by atoms with Crippen LogP contribution in [-0.4, -0.2) is 27.9 Å². The summed E-state index contributed by atoms with van der Waals surface area (Å²) in [6, 6.07) is 0. The van der Waals surface area contributed by atoms with Crippen LogP contribution in [0.3, 0.4) is 0 Å². The van der Waals surface area contributed by atoms with E-state index in [1.54, 1.807) is 6.92 Å². The van der Waals surface area contributed by atoms with Gasteiger partial charge in [0.1, 0.15) is 0 Å². The molecule has 0 saturated carbocycles. The normalized spacial score (nSPS) is 21.2. The van der Waals surface area contributed by atoms with Crippen molar-refractivity contribution in [3.05, 3.63) is 34.4 Å². The third-order valence-electron chi connectivity index (χ3n) is 7.16. The molecule has 2 N–H and O–H groups in total. The fourth-order valence-corrected chi connectivity index (χ4v) is 4.38. The quantitative estimate of drug-likeness (QED) is 0.319. The molecular weight excluding hydrogens is 400 g/mol. The van der Waals surface area contributed by atoms with Crippen LogP contribution in [0.25, 0.3) is 0 Å². The predicted octanol–water partition coefficient (Wildman–Crippen LogP) is 5.63. The van der Waals surface area contributed by atoms with Crippen LogP contribution < -0.4 is 5.11 Å². The highest BCUT2D eigenvalue weighted by Gasteiger charge is 2.19. The van der Waals surface area contributed by atoms with Gasteiger partial charge in [-0.3, -0.25) is 0 Å². The number of carboxylic acids is 1. The first kappa shape index (κ1) is 28.6. The van der Waals surface area contributed by atoms with E-state index >= 15 is 0 Å². The largest absolute Gasteiger partial charge is 0.550 e. The maximum atomic E-state index is 10.8. The van der Waals surface area contributed by atoms with Gasteiger partial charge in [0.2, 0.25) is 0 Å². The van der Waals surface area contributed by atoms with Gasteiger partial charge in [0, 0.05) is 5.97 Å². The number of allylic oxidation sites excluding steroid dienone is 4. The van der Waals surface area contributed by atoms with Gasteiger partial charge in [-0.1, -0.05) is 49.1 Å². The molecule has 0 bridgehead atoms. The first-order chi connectivity index (χ1) is 14.9. The van der Waals surface area contributed by atoms with E-state index in [0.29, 0.717) is 31.6 Å². The average Bonchev–Trinajstić information content (AvgIpc) is 2.69. The minimum absolute atomic E-state index is 0.395. The second-order valence-corrected chi connectivity index (χ2v) is 10.6. The molecule has 0 amide bonds. The number of aliphatic hydroxyl groups excluding tert-OH is 1. The SMILES string of the molecule is CC1=C(C)C(O)C=C(CCC(C)CCC/C(C)=C/CCC(C)(O)CCCC(C)C(=O)[O-])C1. The lowest BCUT2D eigenvalue weighted by atomic mass is 9.87. The van der Waals surface area contributed by atoms with Crippen LogP contribution >= 0.6 is 0 Å². The monoisotopic (exact) mass is 447 g/mol. The van der Waals surface area contributed by atoms with Crippen molar-refractivity contribution in [2.24, 2.45) is 11.8 Å². The van der Waals surface area contributed by atoms with Crippen LogP contribution in [0, 0.1) is 11.8 Å². The lowest BCUT2D eigenvalue weighted by Crippen LogP contribution is -2.30. The summed E-state index contributed by atoms with van der Waals surface area (Å²) >= 11 is 0. The molecule has 1 aliphatic rings. The van der Waals surface area contributed by atoms with Gasteiger partial charge in [-0.25, -0.2) is 0 Å². The Morgan fingerprint density at radius 1 is 1.22 bits per heavy atom. The molecule has 4 unspecified atom stereocenters. The number of aliphatic carboxylic acids is 1. The number of carbonyl (C=O) groups excluding carboxylic acids is 1. The Kier molecular flexibility index (Phi) is 12.5. The maximum Gasteiger partial charge on any atom is 0.0934 e. The highest BCUT2D eigenvalue weighted by Crippen LogP contribution is 2.29. The first-order valence-corrected chi connectivity index (χ1v) is 12.5. The van der Waals surface area contributed by atoms with E-state index in [1.807, 2.05) is 19.9 Å². The molecule has 0 aromatic carbocycles. The average molecular weight is 448 g/mol. The Labute approximate surface area is 196 Å². The highest BCUT2D eigenvalue weighted by atomic mass is 16.4. The third-order valence-corrected chi connectivity index (χ3v) is 7.16. The number of hydrogen-bond acceptors (Lipinski definition) is 4. The molecule has 0 saturated heterocycles. The second kappa shape index (κ2) is 14.0. The van der Waals surface area contributed by atoms with Crippen molar-refractivity contribution in [3.63, 3.8) is 0 Å². The van der Waals surface area contributed by atoms with Crippen molar-refractivity contribution in [2.75, 3.05) is 0 Å². The van der Waals surface area contributed by atoms with Crippen molar-refractivity contribution in [1.82, 2.24) is 0 Å². The molecule has 0 fully saturated rings. The van der Waals surface area contributed by atoms with Crippen LogP contribution in [0.1, 0.15) is 112 Å². The Balaban J connectivity index is 2.22. The Bertz CT molecular complexity index is 684. The van der Waals surface area contributed by atoms with E-state index < -0.39 is 23.6 Å². The van der Waals surface area contributed by atoms with E-state index in [4.69, 9.17) is 0 Å². The Morgan fingerprint density at radius 3 is 2.53 bits per heavy atom. The molecule has 0 spiro atoms. The summed E-state index contributed by atoms with van der Waals surface area (Å²) in [5.41, 5.74) is 4.44. The van der Waals surface area contributed by atoms with Crippen molar-refractivity contribution >= 4 is 5.97 Å². The zero-order valence-electron chi connectivity index (χ0n) is 21.4. The molecule has 0 radical (unpaired) electrons. The molecule has 0 aromatic heterocycles. The summed E-state index contributed by atoms with van der Waals surface area (Å²) in [5.74, 6) is -0.784. The molecule has 1 rings (SSSR count). The van der Waals surface area contributed by atoms with Crippen molar-refractivity contribution in [1.29, 1.82) is 0 Å². The van der Waals surface area contributed by atoms with Gasteiger partial charge in [-0.15, -0.1) is 0 Å². The van der Waals surface area contributed by atoms with Gasteiger partial charge in [0.15, 0.2) is 0 Å². The number of carbonyl (C=O) groups is 1. The molecule has 1 aliphatic carbocycles. The van der Waals surface area contributed by atoms with Crippen LogP contribution in [0.2, 0.25) is 0 Å².